The van der Waals surface area contributed by atoms with Gasteiger partial charge in [0.05, 0.1) is 25.5 Å². The molecule has 0 aliphatic carbocycles. The molecule has 34 nitrogen and oxygen atoms in total. The minimum Gasteiger partial charge on any atom is -0.508 e. The number of carbonyl (C=O) groups excluding carboxylic acids is 10. The fourth-order valence-corrected chi connectivity index (χ4v) is 7.74. The number of hydrogen-bond acceptors (Lipinski definition) is 18. The van der Waals surface area contributed by atoms with Gasteiger partial charge in [0.15, 0.2) is 5.96 Å². The lowest BCUT2D eigenvalue weighted by Gasteiger charge is -2.28. The first kappa shape index (κ1) is 73.8. The summed E-state index contributed by atoms with van der Waals surface area (Å²) in [6, 6.07) is -11.2. The van der Waals surface area contributed by atoms with Crippen molar-refractivity contribution in [2.45, 2.75) is 166 Å². The van der Waals surface area contributed by atoms with Crippen LogP contribution < -0.4 is 70.8 Å². The van der Waals surface area contributed by atoms with E-state index >= 15 is 0 Å². The van der Waals surface area contributed by atoms with Gasteiger partial charge in [-0.15, -0.1) is 0 Å². The van der Waals surface area contributed by atoms with E-state index < -0.39 is 207 Å². The van der Waals surface area contributed by atoms with Gasteiger partial charge >= 0.3 is 23.9 Å². The Kier molecular flexibility index (Phi) is 32.2. The second-order valence-electron chi connectivity index (χ2n) is 19.9. The Balaban J connectivity index is 3.47. The number of primary amides is 1. The van der Waals surface area contributed by atoms with Crippen molar-refractivity contribution in [1.82, 2.24) is 47.9 Å². The second kappa shape index (κ2) is 37.1. The van der Waals surface area contributed by atoms with Gasteiger partial charge in [-0.05, 0) is 68.6 Å². The van der Waals surface area contributed by atoms with Crippen molar-refractivity contribution in [3.8, 4) is 5.75 Å². The molecule has 0 aliphatic heterocycles. The number of aliphatic hydroxyl groups is 1. The number of benzene rings is 1. The lowest BCUT2D eigenvalue weighted by molar-refractivity contribution is -0.144. The van der Waals surface area contributed by atoms with Crippen LogP contribution in [0, 0.1) is 11.8 Å². The Morgan fingerprint density at radius 3 is 1.38 bits per heavy atom. The summed E-state index contributed by atoms with van der Waals surface area (Å²) in [6.07, 6.45) is -4.78. The van der Waals surface area contributed by atoms with E-state index in [-0.39, 0.29) is 37.5 Å². The number of phenols is 1. The predicted molar refractivity (Wildman–Crippen MR) is 296 cm³/mol. The van der Waals surface area contributed by atoms with Crippen LogP contribution in [0.1, 0.15) is 104 Å². The molecule has 0 saturated heterocycles. The first-order valence-electron chi connectivity index (χ1n) is 26.8. The predicted octanol–water partition coefficient (Wildman–Crippen LogP) is -6.05. The number of hydrogen-bond donors (Lipinski definition) is 19. The standard InChI is InChI=1S/C51H80N14O20/c1-6-23(3)39(64-42(76)28(52)19-26-10-12-27(67)13-11-26)49(83)62-33(21-38(73)74)47(81)60-30(14-16-36(69)70)44(78)59-29(9-8-18-56-51(54)55)43(77)63-34(22-66)48(82)61-32(20-35(53)68)46(80)57-25(5)41(75)58-31(15-17-37(71)72)45(79)65-40(50(84)85)24(4)7-2/h10-13,23-25,28-34,39-40,66-67H,6-9,14-22,52H2,1-5H3,(H2,53,68)(H,57,80)(H,58,75)(H,59,78)(H,60,81)(H,61,82)(H,62,83)(H,63,77)(H,64,76)(H,65,79)(H,69,70)(H,71,72)(H,73,74)(H,84,85)(H4,54,55,56)/t23-,24-,25-,28-,29-,30-,31-,32-,33-,34-,39-,40-/m0/s1. The lowest BCUT2D eigenvalue weighted by Crippen LogP contribution is -2.61. The molecule has 0 spiro atoms. The van der Waals surface area contributed by atoms with E-state index in [4.69, 9.17) is 22.9 Å². The number of carboxylic acid groups (broad SMARTS) is 4. The second-order valence-corrected chi connectivity index (χ2v) is 19.9. The SMILES string of the molecule is CC[C@H](C)[C@H](NC(=O)[C@H](CCC(=O)O)NC(=O)[C@H](C)NC(=O)[C@H](CC(N)=O)NC(=O)[C@H](CO)NC(=O)[C@H](CCCN=C(N)N)NC(=O)[C@H](CCC(=O)O)NC(=O)[C@H](CC(=O)O)NC(=O)[C@@H](NC(=O)[C@@H](N)Cc1ccc(O)cc1)[C@@H](C)CC)C(=O)O. The number of aliphatic carboxylic acids is 4. The number of carboxylic acids is 4. The summed E-state index contributed by atoms with van der Waals surface area (Å²) in [5.41, 5.74) is 22.8. The third-order valence-corrected chi connectivity index (χ3v) is 13.1. The summed E-state index contributed by atoms with van der Waals surface area (Å²) in [5, 5.41) is 78.3. The average molecular weight is 1210 g/mol. The zero-order valence-corrected chi connectivity index (χ0v) is 47.6. The Morgan fingerprint density at radius 1 is 0.494 bits per heavy atom. The molecular weight excluding hydrogens is 1130 g/mol. The Morgan fingerprint density at radius 2 is 0.906 bits per heavy atom. The van der Waals surface area contributed by atoms with Crippen molar-refractivity contribution in [1.29, 1.82) is 0 Å². The van der Waals surface area contributed by atoms with Gasteiger partial charge in [0, 0.05) is 19.4 Å². The van der Waals surface area contributed by atoms with Gasteiger partial charge < -0.3 is 101 Å². The zero-order valence-electron chi connectivity index (χ0n) is 47.6. The van der Waals surface area contributed by atoms with E-state index in [9.17, 15) is 97.8 Å². The highest BCUT2D eigenvalue weighted by molar-refractivity contribution is 6.00. The maximum atomic E-state index is 14.0. The van der Waals surface area contributed by atoms with Gasteiger partial charge in [-0.1, -0.05) is 52.7 Å². The minimum atomic E-state index is -2.02. The summed E-state index contributed by atoms with van der Waals surface area (Å²) in [5.74, 6) is -19.3. The molecule has 0 unspecified atom stereocenters. The number of guanidine groups is 1. The fraction of sp³-hybridized carbons (Fsp3) is 0.588. The quantitative estimate of drug-likeness (QED) is 0.0165. The molecule has 10 amide bonds. The highest BCUT2D eigenvalue weighted by atomic mass is 16.4. The van der Waals surface area contributed by atoms with Crippen molar-refractivity contribution >= 4 is 88.9 Å². The topological polar surface area (TPSA) is 585 Å². The maximum Gasteiger partial charge on any atom is 0.326 e. The van der Waals surface area contributed by atoms with Gasteiger partial charge in [0.2, 0.25) is 59.1 Å². The maximum absolute atomic E-state index is 14.0. The van der Waals surface area contributed by atoms with Gasteiger partial charge in [-0.2, -0.15) is 0 Å². The molecule has 0 radical (unpaired) electrons. The fourth-order valence-electron chi connectivity index (χ4n) is 7.74. The smallest absolute Gasteiger partial charge is 0.326 e. The Bertz CT molecular complexity index is 2570. The number of amides is 10. The highest BCUT2D eigenvalue weighted by Gasteiger charge is 2.37. The number of rotatable bonds is 40. The number of aliphatic hydroxyl groups excluding tert-OH is 1. The molecule has 1 aromatic rings. The van der Waals surface area contributed by atoms with Crippen LogP contribution in [0.4, 0.5) is 0 Å². The molecule has 34 heteroatoms. The van der Waals surface area contributed by atoms with Crippen LogP contribution in [0.25, 0.3) is 0 Å². The van der Waals surface area contributed by atoms with Gasteiger partial charge in [-0.25, -0.2) is 4.79 Å². The van der Waals surface area contributed by atoms with Crippen LogP contribution in [0.5, 0.6) is 5.75 Å². The average Bonchev–Trinajstić information content (AvgIpc) is 3.59. The van der Waals surface area contributed by atoms with Crippen LogP contribution in [0.3, 0.4) is 0 Å². The number of phenolic OH excluding ortho intramolecular Hbond substituents is 1. The van der Waals surface area contributed by atoms with E-state index in [1.165, 1.54) is 31.2 Å². The number of nitrogens with one attached hydrogen (secondary N) is 9. The van der Waals surface area contributed by atoms with Gasteiger partial charge in [0.1, 0.15) is 60.1 Å². The molecule has 474 valence electrons. The Labute approximate surface area is 487 Å². The molecule has 23 N–H and O–H groups in total. The van der Waals surface area contributed by atoms with Crippen molar-refractivity contribution in [2.24, 2.45) is 39.8 Å². The van der Waals surface area contributed by atoms with Crippen molar-refractivity contribution in [3.05, 3.63) is 29.8 Å². The lowest BCUT2D eigenvalue weighted by atomic mass is 9.96. The number of aromatic hydroxyl groups is 1. The summed E-state index contributed by atoms with van der Waals surface area (Å²) in [4.78, 5) is 185. The van der Waals surface area contributed by atoms with E-state index in [0.717, 1.165) is 6.92 Å². The van der Waals surface area contributed by atoms with Crippen LogP contribution in [-0.4, -0.2) is 193 Å². The molecule has 0 fully saturated rings. The van der Waals surface area contributed by atoms with E-state index in [1.807, 2.05) is 0 Å². The molecule has 12 atom stereocenters. The van der Waals surface area contributed by atoms with E-state index in [0.29, 0.717) is 12.0 Å². The summed E-state index contributed by atoms with van der Waals surface area (Å²) in [7, 11) is 0. The molecule has 0 aromatic heterocycles. The van der Waals surface area contributed by atoms with Crippen molar-refractivity contribution in [3.63, 3.8) is 0 Å². The molecule has 0 aliphatic rings. The van der Waals surface area contributed by atoms with Crippen LogP contribution in [0.2, 0.25) is 0 Å². The number of carbonyl (C=O) groups is 14. The number of aliphatic imine (C=N–C) groups is 1. The number of nitrogens with two attached hydrogens (primary N) is 4. The zero-order chi connectivity index (χ0) is 64.8. The van der Waals surface area contributed by atoms with Gasteiger partial charge in [-0.3, -0.25) is 67.3 Å². The van der Waals surface area contributed by atoms with Crippen LogP contribution in [-0.2, 0) is 73.5 Å². The minimum absolute atomic E-state index is 0.0283. The monoisotopic (exact) mass is 1210 g/mol. The largest absolute Gasteiger partial charge is 0.508 e. The number of nitrogens with zero attached hydrogens (tertiary/aromatic N) is 1. The molecule has 0 saturated carbocycles. The summed E-state index contributed by atoms with van der Waals surface area (Å²) >= 11 is 0. The van der Waals surface area contributed by atoms with E-state index in [1.54, 1.807) is 20.8 Å². The molecule has 0 bridgehead atoms. The van der Waals surface area contributed by atoms with Crippen LogP contribution in [0.15, 0.2) is 29.3 Å². The van der Waals surface area contributed by atoms with Crippen LogP contribution >= 0.6 is 0 Å². The Hall–Kier alpha value is -9.21. The molecule has 85 heavy (non-hydrogen) atoms. The third kappa shape index (κ3) is 27.6. The molecule has 0 heterocycles. The third-order valence-electron chi connectivity index (χ3n) is 13.1. The normalized spacial score (nSPS) is 15.1. The summed E-state index contributed by atoms with van der Waals surface area (Å²) < 4.78 is 0. The van der Waals surface area contributed by atoms with Crippen molar-refractivity contribution in [2.75, 3.05) is 13.2 Å². The highest BCUT2D eigenvalue weighted by Crippen LogP contribution is 2.15. The van der Waals surface area contributed by atoms with Crippen molar-refractivity contribution < 1.29 is 97.8 Å². The molecule has 1 aromatic carbocycles. The molecular formula is C51H80N14O20. The van der Waals surface area contributed by atoms with Gasteiger partial charge in [0.25, 0.3) is 0 Å². The molecule has 1 rings (SSSR count). The summed E-state index contributed by atoms with van der Waals surface area (Å²) in [6.45, 7) is 6.08. The van der Waals surface area contributed by atoms with E-state index in [2.05, 4.69) is 52.8 Å². The first-order chi connectivity index (χ1) is 39.7. The first-order valence-corrected chi connectivity index (χ1v) is 26.8.